The second kappa shape index (κ2) is 38.4. The minimum Gasteiger partial charge on any atom is -0.300 e. The van der Waals surface area contributed by atoms with Gasteiger partial charge >= 0.3 is 0 Å². The van der Waals surface area contributed by atoms with Crippen molar-refractivity contribution in [2.45, 2.75) is 130 Å². The molecule has 28 heavy (non-hydrogen) atoms. The minimum absolute atomic E-state index is 0. The average molecular weight is 477 g/mol. The lowest BCUT2D eigenvalue weighted by Crippen LogP contribution is -1.93. The predicted molar refractivity (Wildman–Crippen MR) is 148 cm³/mol. The molecule has 0 rings (SSSR count). The van der Waals surface area contributed by atoms with E-state index in [2.05, 4.69) is 13.8 Å². The molecule has 0 atom stereocenters. The van der Waals surface area contributed by atoms with Crippen molar-refractivity contribution in [2.24, 2.45) is 0 Å². The van der Waals surface area contributed by atoms with E-state index in [9.17, 15) is 9.59 Å². The second-order valence-corrected chi connectivity index (χ2v) is 6.82. The molecule has 0 aromatic rings. The van der Waals surface area contributed by atoms with Gasteiger partial charge in [-0.3, -0.25) is 9.59 Å². The molecule has 2 nitrogen and oxygen atoms in total. The summed E-state index contributed by atoms with van der Waals surface area (Å²) >= 11 is 0. The smallest absolute Gasteiger partial charge is 0.132 e. The van der Waals surface area contributed by atoms with E-state index >= 15 is 0 Å². The number of hydrogen-bond donors (Lipinski definition) is 0. The summed E-state index contributed by atoms with van der Waals surface area (Å²) in [6.45, 7) is 8.33. The highest BCUT2D eigenvalue weighted by molar-refractivity contribution is 7.59. The van der Waals surface area contributed by atoms with Gasteiger partial charge in [0.15, 0.2) is 0 Å². The number of rotatable bonds is 16. The zero-order valence-corrected chi connectivity index (χ0v) is 23.1. The Balaban J connectivity index is -0.0000000756. The third kappa shape index (κ3) is 41.2. The van der Waals surface area contributed by atoms with Crippen LogP contribution in [0, 0.1) is 0 Å². The quantitative estimate of drug-likeness (QED) is 0.212. The van der Waals surface area contributed by atoms with Gasteiger partial charge in [0.25, 0.3) is 0 Å². The Bertz CT molecular complexity index is 260. The molecule has 0 aliphatic rings. The van der Waals surface area contributed by atoms with Crippen molar-refractivity contribution in [1.29, 1.82) is 0 Å². The molecular weight excluding hydrogens is 425 g/mol. The van der Waals surface area contributed by atoms with Gasteiger partial charge in [0.05, 0.1) is 0 Å². The molecule has 0 heterocycles. The van der Waals surface area contributed by atoms with Gasteiger partial charge in [-0.15, -0.1) is 0 Å². The fourth-order valence-electron chi connectivity index (χ4n) is 2.56. The molecule has 0 spiro atoms. The van der Waals surface area contributed by atoms with Crippen molar-refractivity contribution in [1.82, 2.24) is 0 Å². The third-order valence-electron chi connectivity index (χ3n) is 4.41. The molecule has 0 saturated heterocycles. The van der Waals surface area contributed by atoms with E-state index in [1.807, 2.05) is 13.8 Å². The number of hydrogen-bond acceptors (Lipinski definition) is 2. The van der Waals surface area contributed by atoms with Crippen molar-refractivity contribution in [3.05, 3.63) is 0 Å². The Morgan fingerprint density at radius 1 is 0.429 bits per heavy atom. The lowest BCUT2D eigenvalue weighted by Gasteiger charge is -1.98. The fraction of sp³-hybridized carbons (Fsp3) is 0.909. The van der Waals surface area contributed by atoms with Gasteiger partial charge in [-0.1, -0.05) is 91.9 Å². The summed E-state index contributed by atoms with van der Waals surface area (Å²) in [7, 11) is 0. The van der Waals surface area contributed by atoms with E-state index in [1.54, 1.807) is 0 Å². The van der Waals surface area contributed by atoms with E-state index < -0.39 is 0 Å². The summed E-state index contributed by atoms with van der Waals surface area (Å²) in [5.41, 5.74) is 0. The lowest BCUT2D eigenvalue weighted by atomic mass is 10.1. The van der Waals surface area contributed by atoms with Crippen LogP contribution in [-0.2, 0) is 9.59 Å². The van der Waals surface area contributed by atoms with Gasteiger partial charge < -0.3 is 0 Å². The fourth-order valence-corrected chi connectivity index (χ4v) is 2.56. The predicted octanol–water partition coefficient (Wildman–Crippen LogP) is 7.88. The molecule has 0 aromatic heterocycles. The van der Waals surface area contributed by atoms with Crippen LogP contribution in [-0.4, -0.2) is 11.6 Å². The molecule has 0 amide bonds. The molecule has 0 aliphatic carbocycles. The zero-order chi connectivity index (χ0) is 18.5. The molecule has 0 aliphatic heterocycles. The van der Waals surface area contributed by atoms with Crippen molar-refractivity contribution in [3.63, 3.8) is 0 Å². The maximum atomic E-state index is 10.9. The summed E-state index contributed by atoms with van der Waals surface area (Å²) < 4.78 is 0. The first-order valence-corrected chi connectivity index (χ1v) is 10.7. The van der Waals surface area contributed by atoms with Crippen LogP contribution in [0.2, 0.25) is 0 Å². The normalized spacial score (nSPS) is 8.71. The second-order valence-electron chi connectivity index (χ2n) is 6.82. The number of carbonyl (C=O) groups excluding carboxylic acids is 2. The molecule has 0 radical (unpaired) electrons. The number of unbranched alkanes of at least 4 members (excludes halogenated alkanes) is 10. The van der Waals surface area contributed by atoms with Gasteiger partial charge in [-0.05, 0) is 12.8 Å². The van der Waals surface area contributed by atoms with Crippen molar-refractivity contribution >= 4 is 65.5 Å². The Labute approximate surface area is 205 Å². The third-order valence-corrected chi connectivity index (χ3v) is 4.41. The van der Waals surface area contributed by atoms with E-state index in [0.29, 0.717) is 11.6 Å². The highest BCUT2D eigenvalue weighted by Crippen LogP contribution is 2.08. The van der Waals surface area contributed by atoms with E-state index in [0.717, 1.165) is 38.5 Å². The summed E-state index contributed by atoms with van der Waals surface area (Å²) in [6, 6.07) is 0. The Morgan fingerprint density at radius 2 is 0.679 bits per heavy atom. The van der Waals surface area contributed by atoms with Crippen LogP contribution in [0.25, 0.3) is 0 Å². The number of ketones is 2. The topological polar surface area (TPSA) is 34.1 Å². The van der Waals surface area contributed by atoms with Crippen LogP contribution in [0.15, 0.2) is 0 Å². The molecule has 0 unspecified atom stereocenters. The van der Waals surface area contributed by atoms with E-state index in [1.165, 1.54) is 64.2 Å². The molecule has 176 valence electrons. The molecule has 0 fully saturated rings. The van der Waals surface area contributed by atoms with Gasteiger partial charge in [-0.2, -0.15) is 54.0 Å². The Morgan fingerprint density at radius 3 is 0.929 bits per heavy atom. The zero-order valence-electron chi connectivity index (χ0n) is 19.1. The molecule has 0 bridgehead atoms. The highest BCUT2D eigenvalue weighted by atomic mass is 32.1. The molecule has 0 aromatic carbocycles. The van der Waals surface area contributed by atoms with Gasteiger partial charge in [0.1, 0.15) is 11.6 Å². The molecular formula is C22H52O2S4. The number of carbonyl (C=O) groups is 2. The minimum atomic E-state index is 0. The van der Waals surface area contributed by atoms with Crippen LogP contribution < -0.4 is 0 Å². The summed E-state index contributed by atoms with van der Waals surface area (Å²) in [6.07, 6.45) is 18.4. The van der Waals surface area contributed by atoms with Crippen molar-refractivity contribution in [3.8, 4) is 0 Å². The Hall–Kier alpha value is 0.740. The van der Waals surface area contributed by atoms with E-state index in [-0.39, 0.29) is 54.0 Å². The van der Waals surface area contributed by atoms with Gasteiger partial charge in [-0.25, -0.2) is 0 Å². The number of Topliss-reactive ketones (excluding diaryl/α,β-unsaturated/α-hetero) is 2. The largest absolute Gasteiger partial charge is 0.300 e. The van der Waals surface area contributed by atoms with Gasteiger partial charge in [0.2, 0.25) is 0 Å². The maximum Gasteiger partial charge on any atom is 0.132 e. The summed E-state index contributed by atoms with van der Waals surface area (Å²) in [5, 5.41) is 0. The lowest BCUT2D eigenvalue weighted by molar-refractivity contribution is -0.119. The molecule has 6 heteroatoms. The average Bonchev–Trinajstić information content (AvgIpc) is 2.61. The van der Waals surface area contributed by atoms with Crippen LogP contribution in [0.3, 0.4) is 0 Å². The van der Waals surface area contributed by atoms with Crippen molar-refractivity contribution in [2.75, 3.05) is 0 Å². The maximum absolute atomic E-state index is 10.9. The standard InChI is InChI=1S/2C11H22O.4H2S/c2*1-3-5-6-7-8-9-10-11(12)4-2;;;;/h2*3-10H2,1-2H3;4*1H2. The van der Waals surface area contributed by atoms with Crippen LogP contribution in [0.4, 0.5) is 0 Å². The Kier molecular flexibility index (Phi) is 58.6. The van der Waals surface area contributed by atoms with Gasteiger partial charge in [0, 0.05) is 25.7 Å². The molecule has 0 N–H and O–H groups in total. The van der Waals surface area contributed by atoms with Crippen LogP contribution in [0.1, 0.15) is 130 Å². The molecule has 0 saturated carbocycles. The first-order valence-electron chi connectivity index (χ1n) is 10.7. The monoisotopic (exact) mass is 476 g/mol. The van der Waals surface area contributed by atoms with E-state index in [4.69, 9.17) is 0 Å². The first-order chi connectivity index (χ1) is 11.6. The van der Waals surface area contributed by atoms with Crippen LogP contribution in [0.5, 0.6) is 0 Å². The summed E-state index contributed by atoms with van der Waals surface area (Å²) in [5.74, 6) is 0.844. The SMILES string of the molecule is CCCCCCCCC(=O)CC.CCCCCCCCC(=O)CC.S.S.S.S. The highest BCUT2D eigenvalue weighted by Gasteiger charge is 1.97. The van der Waals surface area contributed by atoms with Crippen molar-refractivity contribution < 1.29 is 9.59 Å². The first kappa shape index (κ1) is 42.8. The van der Waals surface area contributed by atoms with Crippen LogP contribution >= 0.6 is 54.0 Å². The summed E-state index contributed by atoms with van der Waals surface area (Å²) in [4.78, 5) is 21.8.